The summed E-state index contributed by atoms with van der Waals surface area (Å²) in [4.78, 5) is 0. The van der Waals surface area contributed by atoms with Crippen molar-refractivity contribution in [1.82, 2.24) is 0 Å². The molecule has 0 spiro atoms. The minimum Gasteiger partial charge on any atom is -0.152 e. The second kappa shape index (κ2) is 8.25. The van der Waals surface area contributed by atoms with Gasteiger partial charge in [-0.1, -0.05) is 44.2 Å². The molecule has 0 fully saturated rings. The molecule has 1 heterocycles. The lowest BCUT2D eigenvalue weighted by molar-refractivity contribution is 1.50. The Kier molecular flexibility index (Phi) is 7.65. The van der Waals surface area contributed by atoms with Crippen molar-refractivity contribution in [2.45, 2.75) is 27.7 Å². The molecule has 0 radical (unpaired) electrons. The van der Waals surface area contributed by atoms with Crippen molar-refractivity contribution in [3.63, 3.8) is 0 Å². The van der Waals surface area contributed by atoms with Crippen molar-refractivity contribution in [3.8, 4) is 0 Å². The lowest BCUT2D eigenvalue weighted by atomic mass is 10.1. The summed E-state index contributed by atoms with van der Waals surface area (Å²) >= 11 is 1.72. The number of thiophene rings is 1. The molecule has 0 aliphatic carbocycles. The molecule has 0 saturated carbocycles. The number of allylic oxidation sites excluding steroid dienone is 5. The van der Waals surface area contributed by atoms with E-state index < -0.39 is 0 Å². The molecule has 1 aromatic rings. The van der Waals surface area contributed by atoms with E-state index in [1.807, 2.05) is 26.8 Å². The van der Waals surface area contributed by atoms with E-state index in [2.05, 4.69) is 42.5 Å². The molecule has 0 atom stereocenters. The van der Waals surface area contributed by atoms with Crippen LogP contribution in [0.15, 0.2) is 47.2 Å². The molecule has 1 rings (SSSR count). The van der Waals surface area contributed by atoms with Gasteiger partial charge in [-0.25, -0.2) is 0 Å². The van der Waals surface area contributed by atoms with Crippen LogP contribution in [0.5, 0.6) is 0 Å². The fourth-order valence-electron chi connectivity index (χ4n) is 1.02. The summed E-state index contributed by atoms with van der Waals surface area (Å²) in [5.41, 5.74) is 3.61. The molecule has 0 unspecified atom stereocenters. The number of hydrogen-bond acceptors (Lipinski definition) is 1. The Bertz CT molecular complexity index is 326. The first-order valence-corrected chi connectivity index (χ1v) is 6.21. The first-order chi connectivity index (χ1) is 7.24. The van der Waals surface area contributed by atoms with Crippen LogP contribution in [0.1, 0.15) is 33.3 Å². The first-order valence-electron chi connectivity index (χ1n) is 5.26. The highest BCUT2D eigenvalue weighted by Gasteiger charge is 1.95. The topological polar surface area (TPSA) is 0 Å². The van der Waals surface area contributed by atoms with Gasteiger partial charge in [0.1, 0.15) is 0 Å². The number of rotatable bonds is 3. The van der Waals surface area contributed by atoms with Gasteiger partial charge in [-0.05, 0) is 41.8 Å². The predicted molar refractivity (Wildman–Crippen MR) is 73.3 cm³/mol. The van der Waals surface area contributed by atoms with Gasteiger partial charge in [-0.3, -0.25) is 0 Å². The van der Waals surface area contributed by atoms with Gasteiger partial charge in [0.2, 0.25) is 0 Å². The predicted octanol–water partition coefficient (Wildman–Crippen LogP) is 5.31. The first kappa shape index (κ1) is 13.9. The largest absolute Gasteiger partial charge is 0.152 e. The van der Waals surface area contributed by atoms with Crippen molar-refractivity contribution in [3.05, 3.63) is 52.8 Å². The van der Waals surface area contributed by atoms with Gasteiger partial charge >= 0.3 is 0 Å². The fraction of sp³-hybridized carbons (Fsp3) is 0.286. The van der Waals surface area contributed by atoms with E-state index in [0.29, 0.717) is 0 Å². The fourth-order valence-corrected chi connectivity index (χ4v) is 1.68. The summed E-state index contributed by atoms with van der Waals surface area (Å²) in [6.45, 7) is 11.9. The molecule has 1 aromatic heterocycles. The summed E-state index contributed by atoms with van der Waals surface area (Å²) in [5.74, 6) is 0. The van der Waals surface area contributed by atoms with Gasteiger partial charge in [-0.2, -0.15) is 11.3 Å². The lowest BCUT2D eigenvalue weighted by Crippen LogP contribution is -1.74. The average molecular weight is 220 g/mol. The van der Waals surface area contributed by atoms with Gasteiger partial charge in [-0.15, -0.1) is 0 Å². The van der Waals surface area contributed by atoms with Crippen LogP contribution in [0.3, 0.4) is 0 Å². The second-order valence-electron chi connectivity index (χ2n) is 2.94. The Hall–Kier alpha value is -1.08. The van der Waals surface area contributed by atoms with E-state index in [9.17, 15) is 0 Å². The van der Waals surface area contributed by atoms with E-state index >= 15 is 0 Å². The van der Waals surface area contributed by atoms with Crippen molar-refractivity contribution < 1.29 is 0 Å². The van der Waals surface area contributed by atoms with Gasteiger partial charge < -0.3 is 0 Å². The Balaban J connectivity index is 0.000000921. The van der Waals surface area contributed by atoms with Crippen molar-refractivity contribution in [2.75, 3.05) is 0 Å². The summed E-state index contributed by atoms with van der Waals surface area (Å²) in [7, 11) is 0. The minimum absolute atomic E-state index is 1.08. The maximum absolute atomic E-state index is 3.83. The van der Waals surface area contributed by atoms with Crippen molar-refractivity contribution >= 4 is 16.9 Å². The molecule has 0 aliphatic heterocycles. The van der Waals surface area contributed by atoms with E-state index in [1.165, 1.54) is 11.1 Å². The van der Waals surface area contributed by atoms with Crippen LogP contribution in [0.4, 0.5) is 0 Å². The van der Waals surface area contributed by atoms with E-state index in [0.717, 1.165) is 5.57 Å². The quantitative estimate of drug-likeness (QED) is 0.605. The van der Waals surface area contributed by atoms with Gasteiger partial charge in [0.05, 0.1) is 0 Å². The second-order valence-corrected chi connectivity index (χ2v) is 3.72. The molecule has 0 aromatic carbocycles. The molecule has 0 amide bonds. The van der Waals surface area contributed by atoms with E-state index in [1.54, 1.807) is 11.3 Å². The maximum Gasteiger partial charge on any atom is -0.00149 e. The van der Waals surface area contributed by atoms with Crippen molar-refractivity contribution in [1.29, 1.82) is 0 Å². The molecule has 0 N–H and O–H groups in total. The van der Waals surface area contributed by atoms with Crippen LogP contribution in [-0.4, -0.2) is 0 Å². The normalized spacial score (nSPS) is 11.1. The third kappa shape index (κ3) is 5.38. The third-order valence-corrected chi connectivity index (χ3v) is 2.40. The molecule has 82 valence electrons. The summed E-state index contributed by atoms with van der Waals surface area (Å²) < 4.78 is 0. The Morgan fingerprint density at radius 3 is 2.40 bits per heavy atom. The molecular formula is C14H20S. The molecule has 0 aliphatic rings. The van der Waals surface area contributed by atoms with Crippen LogP contribution < -0.4 is 0 Å². The average Bonchev–Trinajstić information content (AvgIpc) is 2.75. The highest BCUT2D eigenvalue weighted by Crippen LogP contribution is 2.19. The van der Waals surface area contributed by atoms with Gasteiger partial charge in [0.25, 0.3) is 0 Å². The molecule has 0 saturated heterocycles. The van der Waals surface area contributed by atoms with Gasteiger partial charge in [0.15, 0.2) is 0 Å². The third-order valence-electron chi connectivity index (χ3n) is 1.71. The molecular weight excluding hydrogens is 200 g/mol. The smallest absolute Gasteiger partial charge is 0.00149 e. The minimum atomic E-state index is 1.08. The summed E-state index contributed by atoms with van der Waals surface area (Å²) in [6.07, 6.45) is 6.25. The molecule has 1 heteroatoms. The zero-order valence-corrected chi connectivity index (χ0v) is 10.9. The highest BCUT2D eigenvalue weighted by molar-refractivity contribution is 7.08. The Labute approximate surface area is 97.7 Å². The standard InChI is InChI=1S/C12H14S.C2H6/c1-4-11(6-5-10(2)3)12-7-8-13-9-12;1-2/h4-9H,2H2,1,3H3;1-2H3/b6-5-,11-4+;. The summed E-state index contributed by atoms with van der Waals surface area (Å²) in [5, 5.41) is 4.24. The molecule has 15 heavy (non-hydrogen) atoms. The van der Waals surface area contributed by atoms with Crippen LogP contribution in [0.25, 0.3) is 5.57 Å². The summed E-state index contributed by atoms with van der Waals surface area (Å²) in [6, 6.07) is 2.13. The zero-order valence-electron chi connectivity index (χ0n) is 10.1. The molecule has 0 nitrogen and oxygen atoms in total. The van der Waals surface area contributed by atoms with E-state index in [-0.39, 0.29) is 0 Å². The zero-order chi connectivity index (χ0) is 11.7. The highest BCUT2D eigenvalue weighted by atomic mass is 32.1. The maximum atomic E-state index is 3.83. The Morgan fingerprint density at radius 2 is 2.00 bits per heavy atom. The van der Waals surface area contributed by atoms with E-state index in [4.69, 9.17) is 0 Å². The van der Waals surface area contributed by atoms with Gasteiger partial charge in [0, 0.05) is 0 Å². The lowest BCUT2D eigenvalue weighted by Gasteiger charge is -1.96. The SMILES string of the molecule is C=C(C)/C=C\C(=C/C)c1ccsc1.CC. The monoisotopic (exact) mass is 220 g/mol. The van der Waals surface area contributed by atoms with Crippen LogP contribution in [0.2, 0.25) is 0 Å². The number of hydrogen-bond donors (Lipinski definition) is 0. The Morgan fingerprint density at radius 1 is 1.33 bits per heavy atom. The molecule has 0 bridgehead atoms. The van der Waals surface area contributed by atoms with Crippen LogP contribution >= 0.6 is 11.3 Å². The van der Waals surface area contributed by atoms with Crippen molar-refractivity contribution in [2.24, 2.45) is 0 Å². The van der Waals surface area contributed by atoms with Crippen LogP contribution in [-0.2, 0) is 0 Å². The van der Waals surface area contributed by atoms with Crippen LogP contribution in [0, 0.1) is 0 Å².